The van der Waals surface area contributed by atoms with Gasteiger partial charge in [0.1, 0.15) is 0 Å². The molecule has 20 heavy (non-hydrogen) atoms. The van der Waals surface area contributed by atoms with E-state index in [-0.39, 0.29) is 0 Å². The standard InChI is InChI=1S/C19H21N/c1-2-8-16(9-3-1)10-7-15-20-19-14-6-12-17-11-4-5-13-18(17)19/h1-5,7-11,13,19-20H,6,12,14-15H2. The van der Waals surface area contributed by atoms with Crippen molar-refractivity contribution in [2.75, 3.05) is 6.54 Å². The second kappa shape index (κ2) is 6.53. The lowest BCUT2D eigenvalue weighted by Gasteiger charge is -2.26. The van der Waals surface area contributed by atoms with E-state index in [0.717, 1.165) is 6.54 Å². The minimum atomic E-state index is 0.514. The van der Waals surface area contributed by atoms with Crippen molar-refractivity contribution in [1.29, 1.82) is 0 Å². The molecule has 1 aliphatic carbocycles. The van der Waals surface area contributed by atoms with Crippen molar-refractivity contribution in [2.24, 2.45) is 0 Å². The molecule has 0 amide bonds. The molecule has 0 aromatic heterocycles. The summed E-state index contributed by atoms with van der Waals surface area (Å²) in [6, 6.07) is 19.8. The highest BCUT2D eigenvalue weighted by Gasteiger charge is 2.18. The molecular weight excluding hydrogens is 242 g/mol. The molecule has 0 saturated carbocycles. The molecule has 102 valence electrons. The Morgan fingerprint density at radius 2 is 1.80 bits per heavy atom. The van der Waals surface area contributed by atoms with Crippen LogP contribution in [0.4, 0.5) is 0 Å². The third kappa shape index (κ3) is 3.17. The molecule has 0 aliphatic heterocycles. The molecule has 1 N–H and O–H groups in total. The molecule has 1 nitrogen and oxygen atoms in total. The summed E-state index contributed by atoms with van der Waals surface area (Å²) >= 11 is 0. The summed E-state index contributed by atoms with van der Waals surface area (Å²) in [6.07, 6.45) is 8.16. The van der Waals surface area contributed by atoms with E-state index in [1.807, 2.05) is 0 Å². The maximum atomic E-state index is 3.66. The summed E-state index contributed by atoms with van der Waals surface area (Å²) < 4.78 is 0. The Bertz CT molecular complexity index is 571. The van der Waals surface area contributed by atoms with Crippen LogP contribution in [0.25, 0.3) is 6.08 Å². The number of hydrogen-bond acceptors (Lipinski definition) is 1. The number of rotatable bonds is 4. The highest BCUT2D eigenvalue weighted by atomic mass is 14.9. The van der Waals surface area contributed by atoms with Gasteiger partial charge >= 0.3 is 0 Å². The first-order valence-electron chi connectivity index (χ1n) is 7.46. The van der Waals surface area contributed by atoms with Crippen LogP contribution in [0.5, 0.6) is 0 Å². The lowest BCUT2D eigenvalue weighted by atomic mass is 9.88. The fourth-order valence-electron chi connectivity index (χ4n) is 2.94. The first kappa shape index (κ1) is 13.1. The minimum Gasteiger partial charge on any atom is -0.306 e. The summed E-state index contributed by atoms with van der Waals surface area (Å²) in [7, 11) is 0. The van der Waals surface area contributed by atoms with Crippen LogP contribution in [0.15, 0.2) is 60.7 Å². The van der Waals surface area contributed by atoms with Crippen molar-refractivity contribution >= 4 is 6.08 Å². The first-order chi connectivity index (χ1) is 9.93. The maximum Gasteiger partial charge on any atom is 0.0325 e. The predicted molar refractivity (Wildman–Crippen MR) is 85.6 cm³/mol. The summed E-state index contributed by atoms with van der Waals surface area (Å²) in [6.45, 7) is 0.924. The Morgan fingerprint density at radius 3 is 2.70 bits per heavy atom. The molecule has 2 aromatic rings. The molecule has 1 heteroatoms. The van der Waals surface area contributed by atoms with E-state index in [1.54, 1.807) is 0 Å². The third-order valence-corrected chi connectivity index (χ3v) is 3.96. The van der Waals surface area contributed by atoms with Gasteiger partial charge in [-0.3, -0.25) is 0 Å². The highest BCUT2D eigenvalue weighted by Crippen LogP contribution is 2.29. The van der Waals surface area contributed by atoms with Gasteiger partial charge in [-0.05, 0) is 36.0 Å². The number of benzene rings is 2. The number of fused-ring (bicyclic) bond motifs is 1. The molecule has 1 atom stereocenters. The topological polar surface area (TPSA) is 12.0 Å². The van der Waals surface area contributed by atoms with Gasteiger partial charge in [0.25, 0.3) is 0 Å². The summed E-state index contributed by atoms with van der Waals surface area (Å²) in [5.41, 5.74) is 4.27. The van der Waals surface area contributed by atoms with E-state index in [1.165, 1.54) is 36.0 Å². The molecule has 0 heterocycles. The largest absolute Gasteiger partial charge is 0.306 e. The van der Waals surface area contributed by atoms with E-state index in [2.05, 4.69) is 72.1 Å². The Hall–Kier alpha value is -1.86. The average molecular weight is 263 g/mol. The molecule has 0 bridgehead atoms. The zero-order valence-corrected chi connectivity index (χ0v) is 11.8. The first-order valence-corrected chi connectivity index (χ1v) is 7.46. The van der Waals surface area contributed by atoms with Crippen molar-refractivity contribution in [1.82, 2.24) is 5.32 Å². The molecule has 0 radical (unpaired) electrons. The molecule has 1 aliphatic rings. The fraction of sp³-hybridized carbons (Fsp3) is 0.263. The second-order valence-electron chi connectivity index (χ2n) is 5.36. The number of aryl methyl sites for hydroxylation is 1. The van der Waals surface area contributed by atoms with E-state index < -0.39 is 0 Å². The van der Waals surface area contributed by atoms with Gasteiger partial charge in [0, 0.05) is 12.6 Å². The van der Waals surface area contributed by atoms with Crippen molar-refractivity contribution in [3.63, 3.8) is 0 Å². The zero-order valence-electron chi connectivity index (χ0n) is 11.8. The molecule has 2 aromatic carbocycles. The van der Waals surface area contributed by atoms with Crippen LogP contribution in [-0.4, -0.2) is 6.54 Å². The van der Waals surface area contributed by atoms with Crippen molar-refractivity contribution < 1.29 is 0 Å². The van der Waals surface area contributed by atoms with Crippen LogP contribution in [0.3, 0.4) is 0 Å². The Kier molecular flexibility index (Phi) is 4.29. The lowest BCUT2D eigenvalue weighted by molar-refractivity contribution is 0.481. The SMILES string of the molecule is C(=Cc1ccccc1)CNC1CCCc2ccccc21. The van der Waals surface area contributed by atoms with E-state index in [9.17, 15) is 0 Å². The Morgan fingerprint density at radius 1 is 1.00 bits per heavy atom. The van der Waals surface area contributed by atoms with Crippen LogP contribution in [0.1, 0.15) is 35.6 Å². The third-order valence-electron chi connectivity index (χ3n) is 3.96. The monoisotopic (exact) mass is 263 g/mol. The zero-order chi connectivity index (χ0) is 13.6. The summed E-state index contributed by atoms with van der Waals surface area (Å²) in [5.74, 6) is 0. The van der Waals surface area contributed by atoms with Crippen LogP contribution >= 0.6 is 0 Å². The van der Waals surface area contributed by atoms with Gasteiger partial charge in [-0.25, -0.2) is 0 Å². The highest BCUT2D eigenvalue weighted by molar-refractivity contribution is 5.48. The maximum absolute atomic E-state index is 3.66. The average Bonchev–Trinajstić information content (AvgIpc) is 2.53. The number of hydrogen-bond donors (Lipinski definition) is 1. The summed E-state index contributed by atoms with van der Waals surface area (Å²) in [5, 5.41) is 3.66. The Labute approximate surface area is 121 Å². The van der Waals surface area contributed by atoms with Crippen LogP contribution in [0, 0.1) is 0 Å². The molecule has 1 unspecified atom stereocenters. The molecular formula is C19H21N. The second-order valence-corrected chi connectivity index (χ2v) is 5.36. The van der Waals surface area contributed by atoms with Gasteiger partial charge in [-0.15, -0.1) is 0 Å². The smallest absolute Gasteiger partial charge is 0.0325 e. The van der Waals surface area contributed by atoms with Crippen molar-refractivity contribution in [3.05, 3.63) is 77.4 Å². The van der Waals surface area contributed by atoms with Gasteiger partial charge in [-0.2, -0.15) is 0 Å². The number of nitrogens with one attached hydrogen (secondary N) is 1. The van der Waals surface area contributed by atoms with E-state index >= 15 is 0 Å². The predicted octanol–water partition coefficient (Wildman–Crippen LogP) is 4.37. The van der Waals surface area contributed by atoms with Gasteiger partial charge in [0.15, 0.2) is 0 Å². The van der Waals surface area contributed by atoms with Crippen LogP contribution < -0.4 is 5.32 Å². The van der Waals surface area contributed by atoms with Crippen LogP contribution in [0.2, 0.25) is 0 Å². The van der Waals surface area contributed by atoms with Crippen molar-refractivity contribution in [2.45, 2.75) is 25.3 Å². The van der Waals surface area contributed by atoms with E-state index in [4.69, 9.17) is 0 Å². The van der Waals surface area contributed by atoms with Gasteiger partial charge in [-0.1, -0.05) is 66.7 Å². The van der Waals surface area contributed by atoms with Crippen molar-refractivity contribution in [3.8, 4) is 0 Å². The quantitative estimate of drug-likeness (QED) is 0.864. The molecule has 0 fully saturated rings. The minimum absolute atomic E-state index is 0.514. The van der Waals surface area contributed by atoms with Gasteiger partial charge in [0.2, 0.25) is 0 Å². The fourth-order valence-corrected chi connectivity index (χ4v) is 2.94. The lowest BCUT2D eigenvalue weighted by Crippen LogP contribution is -2.25. The molecule has 0 spiro atoms. The van der Waals surface area contributed by atoms with Gasteiger partial charge in [0.05, 0.1) is 0 Å². The van der Waals surface area contributed by atoms with Gasteiger partial charge < -0.3 is 5.32 Å². The molecule has 0 saturated heterocycles. The molecule has 3 rings (SSSR count). The van der Waals surface area contributed by atoms with Crippen LogP contribution in [-0.2, 0) is 6.42 Å². The normalized spacial score (nSPS) is 18.1. The van der Waals surface area contributed by atoms with E-state index in [0.29, 0.717) is 6.04 Å². The Balaban J connectivity index is 1.59. The summed E-state index contributed by atoms with van der Waals surface area (Å²) in [4.78, 5) is 0.